The van der Waals surface area contributed by atoms with E-state index in [9.17, 15) is 14.7 Å². The Kier molecular flexibility index (Phi) is 7.91. The number of carbonyl (C=O) groups is 1. The van der Waals surface area contributed by atoms with Crippen LogP contribution in [-0.4, -0.2) is 62.4 Å². The Balaban J connectivity index is 1.08. The van der Waals surface area contributed by atoms with E-state index < -0.39 is 12.0 Å². The van der Waals surface area contributed by atoms with Crippen LogP contribution in [0.5, 0.6) is 0 Å². The minimum Gasteiger partial charge on any atom is -0.480 e. The molecular weight excluding hydrogens is 530 g/mol. The molecule has 9 heteroatoms. The summed E-state index contributed by atoms with van der Waals surface area (Å²) in [6, 6.07) is 7.60. The summed E-state index contributed by atoms with van der Waals surface area (Å²) >= 11 is 0. The van der Waals surface area contributed by atoms with Crippen LogP contribution in [0.3, 0.4) is 0 Å². The summed E-state index contributed by atoms with van der Waals surface area (Å²) in [6.07, 6.45) is 9.92. The monoisotopic (exact) mass is 575 g/mol. The maximum atomic E-state index is 13.3. The molecule has 2 aromatic heterocycles. The van der Waals surface area contributed by atoms with Crippen LogP contribution >= 0.6 is 0 Å². The van der Waals surface area contributed by atoms with Crippen molar-refractivity contribution in [1.82, 2.24) is 19.0 Å². The number of likely N-dealkylation sites (N-methyl/N-ethyl adjacent to an activating group) is 1. The average molecular weight is 576 g/mol. The van der Waals surface area contributed by atoms with Gasteiger partial charge < -0.3 is 15.2 Å². The highest BCUT2D eigenvalue weighted by atomic mass is 16.5. The van der Waals surface area contributed by atoms with Gasteiger partial charge >= 0.3 is 11.7 Å². The summed E-state index contributed by atoms with van der Waals surface area (Å²) < 4.78 is 9.81. The summed E-state index contributed by atoms with van der Waals surface area (Å²) in [4.78, 5) is 32.9. The number of anilines is 1. The van der Waals surface area contributed by atoms with Gasteiger partial charge in [-0.25, -0.2) is 9.78 Å². The number of hydrogen-bond donors (Lipinski definition) is 2. The van der Waals surface area contributed by atoms with Crippen molar-refractivity contribution in [3.63, 3.8) is 0 Å². The molecule has 2 saturated carbocycles. The lowest BCUT2D eigenvalue weighted by Gasteiger charge is -2.31. The second-order valence-electron chi connectivity index (χ2n) is 13.1. The molecule has 6 rings (SSSR count). The number of hydrogen-bond acceptors (Lipinski definition) is 6. The second kappa shape index (κ2) is 11.5. The zero-order valence-corrected chi connectivity index (χ0v) is 25.5. The summed E-state index contributed by atoms with van der Waals surface area (Å²) in [5.74, 6) is 0.164. The fraction of sp³-hybridized carbons (Fsp3) is 0.606. The summed E-state index contributed by atoms with van der Waals surface area (Å²) in [5.41, 5.74) is 5.43. The average Bonchev–Trinajstić information content (AvgIpc) is 3.41. The number of aryl methyl sites for hydroxylation is 4. The number of imidazole rings is 1. The largest absolute Gasteiger partial charge is 0.480 e. The highest BCUT2D eigenvalue weighted by Gasteiger charge is 2.43. The van der Waals surface area contributed by atoms with E-state index in [4.69, 9.17) is 9.72 Å². The molecule has 2 N–H and O–H groups in total. The van der Waals surface area contributed by atoms with Crippen molar-refractivity contribution in [2.75, 3.05) is 25.5 Å². The van der Waals surface area contributed by atoms with Crippen molar-refractivity contribution in [1.29, 1.82) is 0 Å². The number of carboxylic acid groups (broad SMARTS) is 1. The Bertz CT molecular complexity index is 1540. The Morgan fingerprint density at radius 2 is 2.07 bits per heavy atom. The van der Waals surface area contributed by atoms with Gasteiger partial charge in [0.2, 0.25) is 0 Å². The lowest BCUT2D eigenvalue weighted by atomic mass is 9.99. The lowest BCUT2D eigenvalue weighted by molar-refractivity contribution is -0.144. The van der Waals surface area contributed by atoms with E-state index in [0.29, 0.717) is 12.2 Å². The van der Waals surface area contributed by atoms with Gasteiger partial charge in [-0.05, 0) is 108 Å². The highest BCUT2D eigenvalue weighted by molar-refractivity contribution is 5.87. The summed E-state index contributed by atoms with van der Waals surface area (Å²) in [5, 5.41) is 13.9. The number of benzene rings is 1. The first-order chi connectivity index (χ1) is 20.2. The summed E-state index contributed by atoms with van der Waals surface area (Å²) in [7, 11) is 3.68. The fourth-order valence-corrected chi connectivity index (χ4v) is 7.15. The Labute approximate surface area is 247 Å². The second-order valence-corrected chi connectivity index (χ2v) is 13.1. The van der Waals surface area contributed by atoms with Crippen molar-refractivity contribution < 1.29 is 14.6 Å². The Morgan fingerprint density at radius 3 is 2.83 bits per heavy atom. The van der Waals surface area contributed by atoms with E-state index in [2.05, 4.69) is 24.4 Å². The molecule has 0 spiro atoms. The van der Waals surface area contributed by atoms with Gasteiger partial charge in [0, 0.05) is 43.0 Å². The van der Waals surface area contributed by atoms with Gasteiger partial charge in [0.25, 0.3) is 0 Å². The predicted octanol–water partition coefficient (Wildman–Crippen LogP) is 4.93. The fourth-order valence-electron chi connectivity index (χ4n) is 7.15. The molecule has 1 aliphatic heterocycles. The van der Waals surface area contributed by atoms with Crippen LogP contribution < -0.4 is 11.0 Å². The smallest absolute Gasteiger partial charge is 0.329 e. The van der Waals surface area contributed by atoms with Gasteiger partial charge in [-0.1, -0.05) is 12.1 Å². The number of ether oxygens (including phenoxy) is 1. The van der Waals surface area contributed by atoms with Gasteiger partial charge in [-0.2, -0.15) is 0 Å². The molecule has 0 saturated heterocycles. The first-order valence-corrected chi connectivity index (χ1v) is 15.7. The molecular formula is C33H45N5O4. The van der Waals surface area contributed by atoms with E-state index in [-0.39, 0.29) is 23.4 Å². The van der Waals surface area contributed by atoms with Crippen LogP contribution in [0.1, 0.15) is 86.7 Å². The number of fused-ring (bicyclic) bond motifs is 2. The predicted molar refractivity (Wildman–Crippen MR) is 164 cm³/mol. The molecule has 2 fully saturated rings. The van der Waals surface area contributed by atoms with Gasteiger partial charge in [-0.15, -0.1) is 0 Å². The molecule has 3 aromatic rings. The third-order valence-electron chi connectivity index (χ3n) is 9.83. The van der Waals surface area contributed by atoms with Gasteiger partial charge in [-0.3, -0.25) is 18.8 Å². The summed E-state index contributed by atoms with van der Waals surface area (Å²) in [6.45, 7) is 5.80. The molecule has 0 bridgehead atoms. The van der Waals surface area contributed by atoms with Crippen LogP contribution in [0, 0.1) is 6.92 Å². The molecule has 0 radical (unpaired) electrons. The van der Waals surface area contributed by atoms with E-state index in [1.807, 2.05) is 35.6 Å². The number of aliphatic carboxylic acids is 1. The van der Waals surface area contributed by atoms with Crippen molar-refractivity contribution in [3.8, 4) is 0 Å². The molecule has 0 unspecified atom stereocenters. The number of nitrogens with one attached hydrogen (secondary N) is 1. The van der Waals surface area contributed by atoms with Crippen molar-refractivity contribution in [3.05, 3.63) is 57.1 Å². The Morgan fingerprint density at radius 1 is 1.26 bits per heavy atom. The van der Waals surface area contributed by atoms with Crippen LogP contribution in [0.15, 0.2) is 29.1 Å². The van der Waals surface area contributed by atoms with E-state index in [1.165, 1.54) is 12.0 Å². The normalized spacial score (nSPS) is 21.8. The van der Waals surface area contributed by atoms with Crippen molar-refractivity contribution >= 4 is 22.8 Å². The standard InChI is InChI=1S/C33H45N5O4/c1-21-18-26(28-27(19-21)38(32(41)37(28)4)33(2)14-15-33)29(31(39)40)36(3)24-12-13-25(20-24)42-17-6-5-9-23-11-10-22-8-7-16-34-30(22)35-23/h10-11,18-19,24-25,29H,5-9,12-17,20H2,1-4H3,(H,34,35)(H,39,40)/t24-,25-,29+/m0/s1. The minimum absolute atomic E-state index is 0.0722. The maximum Gasteiger partial charge on any atom is 0.329 e. The number of rotatable bonds is 11. The zero-order chi connectivity index (χ0) is 29.6. The highest BCUT2D eigenvalue weighted by Crippen LogP contribution is 2.44. The van der Waals surface area contributed by atoms with Crippen LogP contribution in [-0.2, 0) is 35.0 Å². The molecule has 9 nitrogen and oxygen atoms in total. The molecule has 0 amide bonds. The van der Waals surface area contributed by atoms with Crippen LogP contribution in [0.2, 0.25) is 0 Å². The maximum absolute atomic E-state index is 13.3. The number of aromatic nitrogens is 3. The van der Waals surface area contributed by atoms with E-state index in [1.54, 1.807) is 11.6 Å². The lowest BCUT2D eigenvalue weighted by Crippen LogP contribution is -2.38. The Hall–Kier alpha value is -3.17. The molecule has 226 valence electrons. The SMILES string of the molecule is Cc1cc([C@H](C(=O)O)N(C)[C@H]2CC[C@H](OCCCCc3ccc4c(n3)NCCC4)C2)c2c(c1)n(C1(C)CC1)c(=O)n2C. The first kappa shape index (κ1) is 28.9. The van der Waals surface area contributed by atoms with Gasteiger partial charge in [0.05, 0.1) is 17.1 Å². The van der Waals surface area contributed by atoms with E-state index in [0.717, 1.165) is 92.4 Å². The molecule has 3 atom stereocenters. The molecule has 3 aliphatic rings. The molecule has 1 aromatic carbocycles. The number of pyridine rings is 1. The quantitative estimate of drug-likeness (QED) is 0.313. The number of carboxylic acids is 1. The third kappa shape index (κ3) is 5.49. The topological polar surface area (TPSA) is 102 Å². The number of nitrogens with zero attached hydrogens (tertiary/aromatic N) is 4. The number of unbranched alkanes of at least 4 members (excludes halogenated alkanes) is 1. The molecule has 2 aliphatic carbocycles. The van der Waals surface area contributed by atoms with Crippen molar-refractivity contribution in [2.45, 2.75) is 102 Å². The van der Waals surface area contributed by atoms with E-state index >= 15 is 0 Å². The minimum atomic E-state index is -0.891. The first-order valence-electron chi connectivity index (χ1n) is 15.7. The van der Waals surface area contributed by atoms with Gasteiger partial charge in [0.1, 0.15) is 11.9 Å². The molecule has 3 heterocycles. The zero-order valence-electron chi connectivity index (χ0n) is 25.5. The van der Waals surface area contributed by atoms with Crippen LogP contribution in [0.25, 0.3) is 11.0 Å². The van der Waals surface area contributed by atoms with Crippen molar-refractivity contribution in [2.24, 2.45) is 7.05 Å². The van der Waals surface area contributed by atoms with Crippen LogP contribution in [0.4, 0.5) is 5.82 Å². The third-order valence-corrected chi connectivity index (χ3v) is 9.83. The van der Waals surface area contributed by atoms with Gasteiger partial charge in [0.15, 0.2) is 0 Å². The molecule has 42 heavy (non-hydrogen) atoms.